The molecule has 4 rings (SSSR count). The molecule has 0 radical (unpaired) electrons. The van der Waals surface area contributed by atoms with E-state index in [1.54, 1.807) is 6.07 Å². The Hall–Kier alpha value is -3.98. The normalized spacial score (nSPS) is 14.5. The van der Waals surface area contributed by atoms with E-state index in [0.29, 0.717) is 23.6 Å². The number of carbonyl (C=O) groups excluding carboxylic acids is 1. The largest absolute Gasteiger partial charge is 0.399 e. The number of nitrogen functional groups attached to an aromatic ring is 1. The predicted molar refractivity (Wildman–Crippen MR) is 153 cm³/mol. The number of rotatable bonds is 10. The lowest BCUT2D eigenvalue weighted by Gasteiger charge is -2.32. The summed E-state index contributed by atoms with van der Waals surface area (Å²) in [4.78, 5) is 28.8. The summed E-state index contributed by atoms with van der Waals surface area (Å²) in [5.41, 5.74) is 18.4. The molecule has 0 spiro atoms. The van der Waals surface area contributed by atoms with Gasteiger partial charge in [-0.1, -0.05) is 32.9 Å². The van der Waals surface area contributed by atoms with Crippen LogP contribution in [-0.4, -0.2) is 38.3 Å². The van der Waals surface area contributed by atoms with Crippen LogP contribution in [0.5, 0.6) is 0 Å². The van der Waals surface area contributed by atoms with Gasteiger partial charge in [0.1, 0.15) is 5.82 Å². The highest BCUT2D eigenvalue weighted by Gasteiger charge is 2.30. The highest BCUT2D eigenvalue weighted by molar-refractivity contribution is 5.95. The van der Waals surface area contributed by atoms with Crippen molar-refractivity contribution < 1.29 is 4.79 Å². The standard InChI is InChI=1S/C29H38N8O/c1-6-7-26(19(4)12-33-28(38)21-11-24(20(5)30)27(31)32-13-21)37-15-22-14-34-29(36-25(22)16-37)35-23-9-17(2)8-18(3)10-23/h8-11,13-14,19,26H,5-7,12,15-16,30H2,1-4H3,(H2,31,32)(H,33,38)(H,34,35,36). The number of aromatic nitrogens is 3. The van der Waals surface area contributed by atoms with Crippen molar-refractivity contribution in [2.24, 2.45) is 11.7 Å². The molecule has 1 amide bonds. The lowest BCUT2D eigenvalue weighted by Crippen LogP contribution is -2.41. The summed E-state index contributed by atoms with van der Waals surface area (Å²) in [6, 6.07) is 8.25. The van der Waals surface area contributed by atoms with Crippen LogP contribution >= 0.6 is 0 Å². The van der Waals surface area contributed by atoms with Crippen molar-refractivity contribution in [3.63, 3.8) is 0 Å². The first-order chi connectivity index (χ1) is 18.1. The van der Waals surface area contributed by atoms with Crippen LogP contribution in [0.4, 0.5) is 17.5 Å². The Kier molecular flexibility index (Phi) is 8.26. The van der Waals surface area contributed by atoms with Crippen molar-refractivity contribution >= 4 is 29.1 Å². The summed E-state index contributed by atoms with van der Waals surface area (Å²) in [6.45, 7) is 14.3. The van der Waals surface area contributed by atoms with Gasteiger partial charge in [0, 0.05) is 60.6 Å². The fourth-order valence-electron chi connectivity index (χ4n) is 5.12. The lowest BCUT2D eigenvalue weighted by atomic mass is 9.96. The van der Waals surface area contributed by atoms with Gasteiger partial charge in [0.25, 0.3) is 5.91 Å². The molecule has 3 heterocycles. The zero-order chi connectivity index (χ0) is 27.4. The number of fused-ring (bicyclic) bond motifs is 1. The first-order valence-electron chi connectivity index (χ1n) is 13.1. The molecule has 0 saturated heterocycles. The predicted octanol–water partition coefficient (Wildman–Crippen LogP) is 4.29. The topological polar surface area (TPSA) is 135 Å². The zero-order valence-corrected chi connectivity index (χ0v) is 22.7. The molecule has 38 heavy (non-hydrogen) atoms. The highest BCUT2D eigenvalue weighted by atomic mass is 16.1. The first kappa shape index (κ1) is 27.1. The first-order valence-corrected chi connectivity index (χ1v) is 13.1. The molecule has 0 fully saturated rings. The number of hydrogen-bond donors (Lipinski definition) is 4. The van der Waals surface area contributed by atoms with Crippen molar-refractivity contribution in [1.29, 1.82) is 0 Å². The molecule has 2 aromatic heterocycles. The fourth-order valence-corrected chi connectivity index (χ4v) is 5.12. The number of benzene rings is 1. The zero-order valence-electron chi connectivity index (χ0n) is 22.7. The van der Waals surface area contributed by atoms with Gasteiger partial charge in [-0.25, -0.2) is 15.0 Å². The summed E-state index contributed by atoms with van der Waals surface area (Å²) >= 11 is 0. The quantitative estimate of drug-likeness (QED) is 0.315. The van der Waals surface area contributed by atoms with Gasteiger partial charge in [0.05, 0.1) is 11.3 Å². The van der Waals surface area contributed by atoms with Gasteiger partial charge >= 0.3 is 0 Å². The van der Waals surface area contributed by atoms with Crippen LogP contribution in [0.1, 0.15) is 65.0 Å². The van der Waals surface area contributed by atoms with Crippen LogP contribution in [0.15, 0.2) is 43.2 Å². The second-order valence-electron chi connectivity index (χ2n) is 10.3. The number of amides is 1. The van der Waals surface area contributed by atoms with Crippen LogP contribution in [0, 0.1) is 19.8 Å². The number of nitrogens with two attached hydrogens (primary N) is 2. The third kappa shape index (κ3) is 6.28. The molecular formula is C29H38N8O. The molecule has 2 atom stereocenters. The number of nitrogens with zero attached hydrogens (tertiary/aromatic N) is 4. The second-order valence-corrected chi connectivity index (χ2v) is 10.3. The number of anilines is 3. The molecule has 2 unspecified atom stereocenters. The van der Waals surface area contributed by atoms with E-state index in [-0.39, 0.29) is 29.4 Å². The van der Waals surface area contributed by atoms with Gasteiger partial charge in [0.15, 0.2) is 0 Å². The van der Waals surface area contributed by atoms with E-state index in [2.05, 4.69) is 78.0 Å². The number of hydrogen-bond acceptors (Lipinski definition) is 8. The molecule has 9 nitrogen and oxygen atoms in total. The number of nitrogens with one attached hydrogen (secondary N) is 2. The van der Waals surface area contributed by atoms with Crippen LogP contribution in [0.25, 0.3) is 5.70 Å². The van der Waals surface area contributed by atoms with E-state index in [1.807, 2.05) is 6.20 Å². The number of aryl methyl sites for hydroxylation is 2. The molecule has 0 saturated carbocycles. The molecule has 6 N–H and O–H groups in total. The number of carbonyl (C=O) groups is 1. The van der Waals surface area contributed by atoms with Gasteiger partial charge < -0.3 is 22.1 Å². The SMILES string of the molecule is C=C(N)c1cc(C(=O)NCC(C)C(CCC)N2Cc3cnc(Nc4cc(C)cc(C)c4)nc3C2)cnc1N. The van der Waals surface area contributed by atoms with Crippen LogP contribution in [0.2, 0.25) is 0 Å². The maximum Gasteiger partial charge on any atom is 0.252 e. The monoisotopic (exact) mass is 514 g/mol. The van der Waals surface area contributed by atoms with Gasteiger partial charge in [-0.05, 0) is 55.5 Å². The van der Waals surface area contributed by atoms with Crippen LogP contribution in [0.3, 0.4) is 0 Å². The minimum absolute atomic E-state index is 0.209. The Bertz CT molecular complexity index is 1320. The van der Waals surface area contributed by atoms with Gasteiger partial charge in [0.2, 0.25) is 5.95 Å². The molecule has 1 aliphatic rings. The fraction of sp³-hybridized carbons (Fsp3) is 0.379. The van der Waals surface area contributed by atoms with Crippen molar-refractivity contribution in [2.45, 2.75) is 59.7 Å². The van der Waals surface area contributed by atoms with E-state index in [0.717, 1.165) is 42.9 Å². The molecule has 200 valence electrons. The molecule has 0 bridgehead atoms. The number of pyridine rings is 1. The minimum Gasteiger partial charge on any atom is -0.399 e. The van der Waals surface area contributed by atoms with Crippen LogP contribution < -0.4 is 22.1 Å². The molecule has 9 heteroatoms. The minimum atomic E-state index is -0.209. The van der Waals surface area contributed by atoms with E-state index in [1.165, 1.54) is 17.3 Å². The summed E-state index contributed by atoms with van der Waals surface area (Å²) in [5.74, 6) is 0.883. The third-order valence-corrected chi connectivity index (χ3v) is 6.98. The maximum atomic E-state index is 12.8. The second kappa shape index (κ2) is 11.6. The highest BCUT2D eigenvalue weighted by Crippen LogP contribution is 2.29. The summed E-state index contributed by atoms with van der Waals surface area (Å²) in [7, 11) is 0. The Labute approximate surface area is 224 Å². The van der Waals surface area contributed by atoms with E-state index >= 15 is 0 Å². The van der Waals surface area contributed by atoms with Gasteiger partial charge in [-0.3, -0.25) is 9.69 Å². The lowest BCUT2D eigenvalue weighted by molar-refractivity contribution is 0.0919. The van der Waals surface area contributed by atoms with Crippen molar-refractivity contribution in [3.05, 3.63) is 76.7 Å². The maximum absolute atomic E-state index is 12.8. The van der Waals surface area contributed by atoms with E-state index < -0.39 is 0 Å². The van der Waals surface area contributed by atoms with Crippen molar-refractivity contribution in [3.8, 4) is 0 Å². The van der Waals surface area contributed by atoms with Crippen molar-refractivity contribution in [1.82, 2.24) is 25.2 Å². The van der Waals surface area contributed by atoms with Crippen LogP contribution in [-0.2, 0) is 13.1 Å². The van der Waals surface area contributed by atoms with Crippen molar-refractivity contribution in [2.75, 3.05) is 17.6 Å². The van der Waals surface area contributed by atoms with Gasteiger partial charge in [-0.15, -0.1) is 0 Å². The van der Waals surface area contributed by atoms with E-state index in [9.17, 15) is 4.79 Å². The van der Waals surface area contributed by atoms with Gasteiger partial charge in [-0.2, -0.15) is 0 Å². The molecular weight excluding hydrogens is 476 g/mol. The Balaban J connectivity index is 1.40. The summed E-state index contributed by atoms with van der Waals surface area (Å²) < 4.78 is 0. The Morgan fingerprint density at radius 2 is 1.87 bits per heavy atom. The van der Waals surface area contributed by atoms with E-state index in [4.69, 9.17) is 16.5 Å². The Morgan fingerprint density at radius 1 is 1.13 bits per heavy atom. The molecule has 1 aliphatic heterocycles. The average molecular weight is 515 g/mol. The average Bonchev–Trinajstić information content (AvgIpc) is 3.28. The smallest absolute Gasteiger partial charge is 0.252 e. The third-order valence-electron chi connectivity index (χ3n) is 6.98. The molecule has 3 aromatic rings. The summed E-state index contributed by atoms with van der Waals surface area (Å²) in [5, 5.41) is 6.41. The molecule has 1 aromatic carbocycles. The molecule has 0 aliphatic carbocycles. The summed E-state index contributed by atoms with van der Waals surface area (Å²) in [6.07, 6.45) is 5.46. The Morgan fingerprint density at radius 3 is 2.55 bits per heavy atom.